The van der Waals surface area contributed by atoms with Crippen molar-refractivity contribution in [3.8, 4) is 11.5 Å². The first-order valence-electron chi connectivity index (χ1n) is 9.88. The van der Waals surface area contributed by atoms with E-state index >= 15 is 0 Å². The standard InChI is InChI=1S/C12H16O4.C8H19N.C2H6/c1-14-6-3-7-16-12-8-10(9-13)4-5-11(12)15-2;1-6-8(4)9(5)7(2)3;1-2/h4-5,8-9H,3,6-7H2,1-2H3;7-8H,6H2,1-5H3;1-2H3/t;8-;/m.1./s1. The van der Waals surface area contributed by atoms with Crippen molar-refractivity contribution in [2.24, 2.45) is 0 Å². The number of ether oxygens (including phenoxy) is 3. The second-order valence-electron chi connectivity index (χ2n) is 6.24. The molecule has 0 aliphatic carbocycles. The van der Waals surface area contributed by atoms with Gasteiger partial charge >= 0.3 is 0 Å². The fourth-order valence-corrected chi connectivity index (χ4v) is 2.06. The molecule has 158 valence electrons. The highest BCUT2D eigenvalue weighted by atomic mass is 16.5. The number of hydrogen-bond donors (Lipinski definition) is 0. The van der Waals surface area contributed by atoms with Crippen molar-refractivity contribution >= 4 is 6.29 Å². The minimum atomic E-state index is 0.534. The molecule has 0 bridgehead atoms. The van der Waals surface area contributed by atoms with Gasteiger partial charge in [0.2, 0.25) is 0 Å². The number of hydrogen-bond acceptors (Lipinski definition) is 5. The topological polar surface area (TPSA) is 48.0 Å². The van der Waals surface area contributed by atoms with Crippen LogP contribution >= 0.6 is 0 Å². The van der Waals surface area contributed by atoms with Gasteiger partial charge in [-0.1, -0.05) is 20.8 Å². The molecule has 0 saturated carbocycles. The molecule has 1 rings (SSSR count). The van der Waals surface area contributed by atoms with Gasteiger partial charge in [-0.15, -0.1) is 0 Å². The predicted octanol–water partition coefficient (Wildman–Crippen LogP) is 5.07. The molecule has 1 atom stereocenters. The van der Waals surface area contributed by atoms with E-state index in [2.05, 4.69) is 39.6 Å². The Labute approximate surface area is 167 Å². The molecule has 0 saturated heterocycles. The molecule has 0 amide bonds. The van der Waals surface area contributed by atoms with Crippen LogP contribution in [0.3, 0.4) is 0 Å². The lowest BCUT2D eigenvalue weighted by atomic mass is 10.2. The number of rotatable bonds is 10. The molecule has 1 aromatic carbocycles. The fourth-order valence-electron chi connectivity index (χ4n) is 2.06. The van der Waals surface area contributed by atoms with Crippen LogP contribution in [0, 0.1) is 0 Å². The highest BCUT2D eigenvalue weighted by Crippen LogP contribution is 2.27. The first-order valence-corrected chi connectivity index (χ1v) is 9.88. The number of aldehydes is 1. The average molecular weight is 384 g/mol. The Morgan fingerprint density at radius 3 is 2.11 bits per heavy atom. The smallest absolute Gasteiger partial charge is 0.161 e. The summed E-state index contributed by atoms with van der Waals surface area (Å²) < 4.78 is 15.6. The minimum absolute atomic E-state index is 0.534. The zero-order valence-electron chi connectivity index (χ0n) is 18.9. The number of carbonyl (C=O) groups excluding carboxylic acids is 1. The van der Waals surface area contributed by atoms with Gasteiger partial charge in [0.15, 0.2) is 11.5 Å². The summed E-state index contributed by atoms with van der Waals surface area (Å²) >= 11 is 0. The Morgan fingerprint density at radius 2 is 1.70 bits per heavy atom. The second kappa shape index (κ2) is 17.8. The molecular weight excluding hydrogens is 342 g/mol. The SMILES string of the molecule is CC.CC[C@@H](C)N(C)C(C)C.COCCCOc1cc(C=O)ccc1OC. The van der Waals surface area contributed by atoms with Crippen LogP contribution in [0.25, 0.3) is 0 Å². The molecule has 0 aromatic heterocycles. The number of nitrogens with zero attached hydrogens (tertiary/aromatic N) is 1. The minimum Gasteiger partial charge on any atom is -0.493 e. The van der Waals surface area contributed by atoms with Gasteiger partial charge in [-0.05, 0) is 52.4 Å². The third-order valence-corrected chi connectivity index (χ3v) is 4.17. The summed E-state index contributed by atoms with van der Waals surface area (Å²) in [5.74, 6) is 1.21. The Balaban J connectivity index is 0. The summed E-state index contributed by atoms with van der Waals surface area (Å²) in [7, 11) is 5.39. The Hall–Kier alpha value is -1.59. The lowest BCUT2D eigenvalue weighted by molar-refractivity contribution is 0.112. The monoisotopic (exact) mass is 383 g/mol. The Kier molecular flexibility index (Phi) is 18.2. The van der Waals surface area contributed by atoms with Gasteiger partial charge in [-0.3, -0.25) is 4.79 Å². The van der Waals surface area contributed by atoms with Crippen LogP contribution < -0.4 is 9.47 Å². The lowest BCUT2D eigenvalue weighted by Crippen LogP contribution is -2.34. The predicted molar refractivity (Wildman–Crippen MR) is 114 cm³/mol. The van der Waals surface area contributed by atoms with Crippen LogP contribution in [0.1, 0.15) is 64.7 Å². The van der Waals surface area contributed by atoms with Crippen molar-refractivity contribution in [1.29, 1.82) is 0 Å². The molecule has 27 heavy (non-hydrogen) atoms. The van der Waals surface area contributed by atoms with E-state index < -0.39 is 0 Å². The van der Waals surface area contributed by atoms with Crippen LogP contribution in [0.4, 0.5) is 0 Å². The zero-order valence-corrected chi connectivity index (χ0v) is 18.9. The van der Waals surface area contributed by atoms with Gasteiger partial charge in [0.05, 0.1) is 13.7 Å². The summed E-state index contributed by atoms with van der Waals surface area (Å²) in [6, 6.07) is 6.48. The zero-order chi connectivity index (χ0) is 21.2. The summed E-state index contributed by atoms with van der Waals surface area (Å²) in [5.41, 5.74) is 0.572. The van der Waals surface area contributed by atoms with Gasteiger partial charge in [0.1, 0.15) is 6.29 Å². The van der Waals surface area contributed by atoms with Gasteiger partial charge in [-0.25, -0.2) is 0 Å². The highest BCUT2D eigenvalue weighted by molar-refractivity contribution is 5.76. The van der Waals surface area contributed by atoms with Crippen molar-refractivity contribution < 1.29 is 19.0 Å². The van der Waals surface area contributed by atoms with Crippen LogP contribution in [0.15, 0.2) is 18.2 Å². The third kappa shape index (κ3) is 12.4. The van der Waals surface area contributed by atoms with E-state index in [0.29, 0.717) is 36.3 Å². The van der Waals surface area contributed by atoms with Crippen LogP contribution in [0.5, 0.6) is 11.5 Å². The highest BCUT2D eigenvalue weighted by Gasteiger charge is 2.08. The second-order valence-corrected chi connectivity index (χ2v) is 6.24. The third-order valence-electron chi connectivity index (χ3n) is 4.17. The molecule has 0 fully saturated rings. The first kappa shape index (κ1) is 27.6. The Bertz CT molecular complexity index is 477. The van der Waals surface area contributed by atoms with Gasteiger partial charge in [0.25, 0.3) is 0 Å². The maximum absolute atomic E-state index is 10.6. The normalized spacial score (nSPS) is 11.1. The summed E-state index contributed by atoms with van der Waals surface area (Å²) in [6.45, 7) is 14.1. The molecule has 0 N–H and O–H groups in total. The Morgan fingerprint density at radius 1 is 1.07 bits per heavy atom. The van der Waals surface area contributed by atoms with Crippen molar-refractivity contribution in [3.05, 3.63) is 23.8 Å². The average Bonchev–Trinajstić information content (AvgIpc) is 2.71. The van der Waals surface area contributed by atoms with Crippen molar-refractivity contribution in [3.63, 3.8) is 0 Å². The van der Waals surface area contributed by atoms with Crippen molar-refractivity contribution in [2.75, 3.05) is 34.5 Å². The molecule has 1 aromatic rings. The van der Waals surface area contributed by atoms with E-state index in [9.17, 15) is 4.79 Å². The molecule has 0 aliphatic heterocycles. The maximum Gasteiger partial charge on any atom is 0.161 e. The molecule has 0 spiro atoms. The molecule has 0 aliphatic rings. The van der Waals surface area contributed by atoms with Crippen LogP contribution in [-0.4, -0.2) is 57.8 Å². The van der Waals surface area contributed by atoms with E-state index in [0.717, 1.165) is 18.7 Å². The largest absolute Gasteiger partial charge is 0.493 e. The van der Waals surface area contributed by atoms with E-state index in [4.69, 9.17) is 14.2 Å². The lowest BCUT2D eigenvalue weighted by Gasteiger charge is -2.27. The van der Waals surface area contributed by atoms with E-state index in [1.807, 2.05) is 13.8 Å². The van der Waals surface area contributed by atoms with Crippen LogP contribution in [0.2, 0.25) is 0 Å². The maximum atomic E-state index is 10.6. The van der Waals surface area contributed by atoms with E-state index in [-0.39, 0.29) is 0 Å². The summed E-state index contributed by atoms with van der Waals surface area (Å²) in [5, 5.41) is 0. The van der Waals surface area contributed by atoms with Crippen molar-refractivity contribution in [2.45, 2.75) is 66.5 Å². The van der Waals surface area contributed by atoms with Gasteiger partial charge < -0.3 is 19.1 Å². The quantitative estimate of drug-likeness (QED) is 0.417. The molecule has 5 heteroatoms. The van der Waals surface area contributed by atoms with Crippen molar-refractivity contribution in [1.82, 2.24) is 4.90 Å². The van der Waals surface area contributed by atoms with Gasteiger partial charge in [0, 0.05) is 37.8 Å². The number of benzene rings is 1. The summed E-state index contributed by atoms with van der Waals surface area (Å²) in [6.07, 6.45) is 2.82. The van der Waals surface area contributed by atoms with Crippen LogP contribution in [-0.2, 0) is 4.74 Å². The van der Waals surface area contributed by atoms with E-state index in [1.54, 1.807) is 32.4 Å². The molecular formula is C22H41NO4. The molecule has 0 unspecified atom stereocenters. The number of carbonyl (C=O) groups is 1. The summed E-state index contributed by atoms with van der Waals surface area (Å²) in [4.78, 5) is 13.0. The van der Waals surface area contributed by atoms with E-state index in [1.165, 1.54) is 6.42 Å². The molecule has 0 radical (unpaired) electrons. The number of methoxy groups -OCH3 is 2. The molecule has 5 nitrogen and oxygen atoms in total. The van der Waals surface area contributed by atoms with Gasteiger partial charge in [-0.2, -0.15) is 0 Å². The molecule has 0 heterocycles. The first-order chi connectivity index (χ1) is 12.9. The fraction of sp³-hybridized carbons (Fsp3) is 0.682.